The molecule has 0 aliphatic heterocycles. The predicted molar refractivity (Wildman–Crippen MR) is 149 cm³/mol. The molecule has 0 saturated heterocycles. The number of rotatable bonds is 3. The zero-order valence-corrected chi connectivity index (χ0v) is 23.8. The lowest BCUT2D eigenvalue weighted by Gasteiger charge is -2.60. The number of hydrogen-bond acceptors (Lipinski definition) is 10. The number of nitrogens with zero attached hydrogens (tertiary/aromatic N) is 2. The van der Waals surface area contributed by atoms with Gasteiger partial charge in [0.1, 0.15) is 11.7 Å². The van der Waals surface area contributed by atoms with Crippen molar-refractivity contribution in [2.45, 2.75) is 30.0 Å². The summed E-state index contributed by atoms with van der Waals surface area (Å²) in [5, 5.41) is 21.2. The summed E-state index contributed by atoms with van der Waals surface area (Å²) < 4.78 is 0.979. The van der Waals surface area contributed by atoms with Gasteiger partial charge in [0.05, 0.1) is 23.2 Å². The van der Waals surface area contributed by atoms with Gasteiger partial charge in [0.2, 0.25) is 5.91 Å². The highest BCUT2D eigenvalue weighted by Crippen LogP contribution is 2.56. The molecule has 0 heterocycles. The van der Waals surface area contributed by atoms with Crippen LogP contribution in [0.4, 0.5) is 0 Å². The number of carbonyl (C=O) groups is 5. The van der Waals surface area contributed by atoms with Crippen LogP contribution in [0.25, 0.3) is 11.1 Å². The average molecular weight is 655 g/mol. The zero-order valence-electron chi connectivity index (χ0n) is 21.6. The lowest BCUT2D eigenvalue weighted by atomic mass is 9.42. The molecule has 206 valence electrons. The van der Waals surface area contributed by atoms with E-state index in [1.807, 2.05) is 24.3 Å². The number of ketones is 4. The van der Waals surface area contributed by atoms with Crippen LogP contribution in [0.2, 0.25) is 0 Å². The Labute approximate surface area is 242 Å². The molecule has 40 heavy (non-hydrogen) atoms. The average Bonchev–Trinajstić information content (AvgIpc) is 2.83. The lowest BCUT2D eigenvalue weighted by Crippen LogP contribution is -2.85. The Bertz CT molecular complexity index is 1580. The number of Topliss-reactive ketones (excluding diaryl/α,β-unsaturated/α-hetero) is 4. The van der Waals surface area contributed by atoms with Crippen LogP contribution in [0.15, 0.2) is 36.4 Å². The summed E-state index contributed by atoms with van der Waals surface area (Å²) in [6.45, 7) is 0. The first kappa shape index (κ1) is 28.0. The molecule has 0 aromatic heterocycles. The van der Waals surface area contributed by atoms with E-state index in [1.165, 1.54) is 25.1 Å². The van der Waals surface area contributed by atoms with Crippen molar-refractivity contribution in [1.82, 2.24) is 4.90 Å². The summed E-state index contributed by atoms with van der Waals surface area (Å²) in [6, 6.07) is 10.7. The Kier molecular flexibility index (Phi) is 6.31. The first-order valence-electron chi connectivity index (χ1n) is 12.4. The summed E-state index contributed by atoms with van der Waals surface area (Å²) in [5.41, 5.74) is 14.0. The third kappa shape index (κ3) is 3.41. The molecule has 1 amide bonds. The van der Waals surface area contributed by atoms with E-state index in [9.17, 15) is 34.3 Å². The van der Waals surface area contributed by atoms with Crippen molar-refractivity contribution in [3.05, 3.63) is 51.1 Å². The van der Waals surface area contributed by atoms with Crippen LogP contribution in [0.5, 0.6) is 5.75 Å². The number of nitriles is 1. The second-order valence-corrected chi connectivity index (χ2v) is 12.4. The van der Waals surface area contributed by atoms with Crippen molar-refractivity contribution in [2.24, 2.45) is 34.5 Å². The maximum Gasteiger partial charge on any atom is 0.235 e. The van der Waals surface area contributed by atoms with Crippen LogP contribution in [0.3, 0.4) is 0 Å². The maximum absolute atomic E-state index is 14.3. The van der Waals surface area contributed by atoms with Crippen molar-refractivity contribution in [3.63, 3.8) is 0 Å². The van der Waals surface area contributed by atoms with E-state index in [0.29, 0.717) is 11.1 Å². The third-order valence-electron chi connectivity index (χ3n) is 8.63. The monoisotopic (exact) mass is 655 g/mol. The Balaban J connectivity index is 1.78. The van der Waals surface area contributed by atoms with E-state index >= 15 is 0 Å². The highest BCUT2D eigenvalue weighted by Gasteiger charge is 2.78. The van der Waals surface area contributed by atoms with Crippen LogP contribution < -0.4 is 17.2 Å². The quantitative estimate of drug-likeness (QED) is 0.258. The summed E-state index contributed by atoms with van der Waals surface area (Å²) in [6.07, 6.45) is -0.578. The molecule has 0 spiro atoms. The molecule has 2 unspecified atom stereocenters. The van der Waals surface area contributed by atoms with Gasteiger partial charge < -0.3 is 22.3 Å². The van der Waals surface area contributed by atoms with Gasteiger partial charge in [0, 0.05) is 9.11 Å². The number of hydrogen-bond donors (Lipinski definition) is 4. The number of benzene rings is 2. The minimum Gasteiger partial charge on any atom is -0.507 e. The van der Waals surface area contributed by atoms with Gasteiger partial charge in [0.25, 0.3) is 0 Å². The van der Waals surface area contributed by atoms with Gasteiger partial charge in [-0.1, -0.05) is 18.2 Å². The zero-order chi connectivity index (χ0) is 29.5. The van der Waals surface area contributed by atoms with Crippen LogP contribution in [0, 0.1) is 32.2 Å². The second kappa shape index (κ2) is 9.00. The molecule has 12 heteroatoms. The summed E-state index contributed by atoms with van der Waals surface area (Å²) in [5.74, 6) is -9.91. The number of aromatic hydroxyl groups is 1. The minimum absolute atomic E-state index is 0.123. The molecule has 2 fully saturated rings. The second-order valence-electron chi connectivity index (χ2n) is 11.1. The number of nitrogens with two attached hydrogens (primary N) is 3. The number of fused-ring (bicyclic) bond motifs is 3. The fraction of sp³-hybridized carbons (Fsp3) is 0.357. The Hall–Kier alpha value is -3.51. The van der Waals surface area contributed by atoms with Crippen LogP contribution in [-0.2, 0) is 25.6 Å². The molecule has 6 atom stereocenters. The molecule has 3 aliphatic rings. The van der Waals surface area contributed by atoms with Crippen molar-refractivity contribution in [1.29, 1.82) is 5.26 Å². The lowest BCUT2D eigenvalue weighted by molar-refractivity contribution is -0.166. The normalized spacial score (nSPS) is 33.2. The van der Waals surface area contributed by atoms with Crippen molar-refractivity contribution >= 4 is 51.6 Å². The SMILES string of the molecule is CN(C)[C@@H]1C(=O)C(C(N)=O)C(=O)[C@@]2(C#N)C(=O)C3C(=O)c4c(O)ccc(-c5ccc(I)cc5)c4C[C@@]3(N)C[C@@]12N. The van der Waals surface area contributed by atoms with Gasteiger partial charge in [-0.2, -0.15) is 5.26 Å². The molecule has 2 saturated carbocycles. The summed E-state index contributed by atoms with van der Waals surface area (Å²) in [7, 11) is 2.92. The topological polar surface area (TPSA) is 211 Å². The molecule has 7 N–H and O–H groups in total. The van der Waals surface area contributed by atoms with Gasteiger partial charge in [-0.25, -0.2) is 0 Å². The van der Waals surface area contributed by atoms with Crippen LogP contribution >= 0.6 is 22.6 Å². The van der Waals surface area contributed by atoms with E-state index < -0.39 is 69.8 Å². The number of likely N-dealkylation sites (N-methyl/N-ethyl adjacent to an activating group) is 1. The smallest absolute Gasteiger partial charge is 0.235 e. The maximum atomic E-state index is 14.3. The molecule has 2 aromatic rings. The Morgan fingerprint density at radius 2 is 1.70 bits per heavy atom. The number of amides is 1. The van der Waals surface area contributed by atoms with Crippen LogP contribution in [-0.4, -0.2) is 70.3 Å². The third-order valence-corrected chi connectivity index (χ3v) is 9.35. The van der Waals surface area contributed by atoms with Crippen molar-refractivity contribution in [3.8, 4) is 22.9 Å². The molecular weight excluding hydrogens is 629 g/mol. The summed E-state index contributed by atoms with van der Waals surface area (Å²) >= 11 is 2.16. The first-order valence-corrected chi connectivity index (χ1v) is 13.5. The van der Waals surface area contributed by atoms with E-state index in [2.05, 4.69) is 22.6 Å². The van der Waals surface area contributed by atoms with E-state index in [4.69, 9.17) is 17.2 Å². The van der Waals surface area contributed by atoms with Crippen molar-refractivity contribution < 1.29 is 29.1 Å². The Morgan fingerprint density at radius 3 is 2.25 bits per heavy atom. The highest BCUT2D eigenvalue weighted by atomic mass is 127. The molecule has 0 radical (unpaired) electrons. The number of carbonyl (C=O) groups excluding carboxylic acids is 5. The highest BCUT2D eigenvalue weighted by molar-refractivity contribution is 14.1. The Morgan fingerprint density at radius 1 is 1.07 bits per heavy atom. The van der Waals surface area contributed by atoms with Gasteiger partial charge >= 0.3 is 0 Å². The van der Waals surface area contributed by atoms with Gasteiger partial charge in [0.15, 0.2) is 34.5 Å². The number of phenolic OH excluding ortho intramolecular Hbond substituents is 1. The van der Waals surface area contributed by atoms with Gasteiger partial charge in [-0.05, 0) is 84.4 Å². The molecule has 0 bridgehead atoms. The fourth-order valence-corrected chi connectivity index (χ4v) is 7.47. The first-order chi connectivity index (χ1) is 18.7. The molecule has 2 aromatic carbocycles. The van der Waals surface area contributed by atoms with E-state index in [1.54, 1.807) is 12.1 Å². The van der Waals surface area contributed by atoms with Crippen molar-refractivity contribution in [2.75, 3.05) is 14.1 Å². The molecular formula is C28H26IN5O6. The largest absolute Gasteiger partial charge is 0.507 e. The molecule has 5 rings (SSSR count). The molecule has 11 nitrogen and oxygen atoms in total. The predicted octanol–water partition coefficient (Wildman–Crippen LogP) is 0.0801. The standard InChI is InChI=1S/C28H26IN5O6/c1-34(2)22-21(37)18(25(31)40)23(38)27(11-30)24(39)19-20(36)17-15(9-26(19,32)10-28(22,27)33)14(7-8-16(17)35)12-3-5-13(29)6-4-12/h3-8,18-19,22,35H,9-10,32-33H2,1-2H3,(H2,31,40)/t18?,19?,22-,26-,27+,28-/m1/s1. The van der Waals surface area contributed by atoms with E-state index in [-0.39, 0.29) is 17.7 Å². The summed E-state index contributed by atoms with van der Waals surface area (Å²) in [4.78, 5) is 69.2. The van der Waals surface area contributed by atoms with E-state index in [0.717, 1.165) is 9.13 Å². The van der Waals surface area contributed by atoms with Gasteiger partial charge in [-0.15, -0.1) is 0 Å². The number of primary amides is 1. The van der Waals surface area contributed by atoms with Gasteiger partial charge in [-0.3, -0.25) is 28.9 Å². The molecule has 3 aliphatic carbocycles. The van der Waals surface area contributed by atoms with Crippen LogP contribution in [0.1, 0.15) is 22.3 Å². The minimum atomic E-state index is -2.76. The fourth-order valence-electron chi connectivity index (χ4n) is 7.11. The number of phenols is 1. The number of halogens is 1.